The fourth-order valence-electron chi connectivity index (χ4n) is 2.53. The highest BCUT2D eigenvalue weighted by Gasteiger charge is 2.21. The molecule has 0 atom stereocenters. The number of thiazole rings is 1. The van der Waals surface area contributed by atoms with Crippen LogP contribution in [0.4, 0.5) is 0 Å². The minimum absolute atomic E-state index is 0.0100. The molecule has 0 aliphatic heterocycles. The maximum absolute atomic E-state index is 12.9. The molecule has 0 N–H and O–H groups in total. The van der Waals surface area contributed by atoms with E-state index in [-0.39, 0.29) is 35.1 Å². The lowest BCUT2D eigenvalue weighted by Gasteiger charge is -2.08. The second-order valence-corrected chi connectivity index (χ2v) is 6.99. The van der Waals surface area contributed by atoms with Crippen molar-refractivity contribution >= 4 is 40.0 Å². The first-order chi connectivity index (χ1) is 12.9. The third-order valence-corrected chi connectivity index (χ3v) is 4.78. The van der Waals surface area contributed by atoms with Crippen LogP contribution in [0.3, 0.4) is 0 Å². The van der Waals surface area contributed by atoms with Crippen molar-refractivity contribution in [1.82, 2.24) is 9.55 Å². The fraction of sp³-hybridized carbons (Fsp3) is 0.263. The first-order valence-corrected chi connectivity index (χ1v) is 9.13. The van der Waals surface area contributed by atoms with E-state index in [4.69, 9.17) is 4.74 Å². The van der Waals surface area contributed by atoms with Gasteiger partial charge >= 0.3 is 11.9 Å². The molecule has 0 radical (unpaired) electrons. The normalized spacial score (nSPS) is 11.0. The Bertz CT molecular complexity index is 1020. The van der Waals surface area contributed by atoms with Gasteiger partial charge < -0.3 is 14.0 Å². The highest BCUT2D eigenvalue weighted by Crippen LogP contribution is 2.25. The van der Waals surface area contributed by atoms with Crippen LogP contribution >= 0.6 is 11.3 Å². The SMILES string of the molecule is COC(=O)c1csc(C(=O)c2cn(COC(=O)C(C)C)c3ccccc23)n1. The van der Waals surface area contributed by atoms with Crippen LogP contribution in [0.1, 0.15) is 39.7 Å². The van der Waals surface area contributed by atoms with Gasteiger partial charge in [-0.3, -0.25) is 9.59 Å². The van der Waals surface area contributed by atoms with Gasteiger partial charge in [0.2, 0.25) is 5.78 Å². The Morgan fingerprint density at radius 3 is 2.67 bits per heavy atom. The van der Waals surface area contributed by atoms with Crippen molar-refractivity contribution in [1.29, 1.82) is 0 Å². The number of hydrogen-bond donors (Lipinski definition) is 0. The van der Waals surface area contributed by atoms with Crippen molar-refractivity contribution in [2.24, 2.45) is 5.92 Å². The number of benzene rings is 1. The van der Waals surface area contributed by atoms with Gasteiger partial charge in [0, 0.05) is 17.0 Å². The monoisotopic (exact) mass is 386 g/mol. The summed E-state index contributed by atoms with van der Waals surface area (Å²) in [5, 5.41) is 2.40. The minimum Gasteiger partial charge on any atom is -0.464 e. The van der Waals surface area contributed by atoms with Gasteiger partial charge in [0.1, 0.15) is 0 Å². The summed E-state index contributed by atoms with van der Waals surface area (Å²) in [6, 6.07) is 7.33. The molecule has 1 aromatic carbocycles. The molecule has 27 heavy (non-hydrogen) atoms. The summed E-state index contributed by atoms with van der Waals surface area (Å²) < 4.78 is 11.6. The molecule has 2 heterocycles. The number of methoxy groups -OCH3 is 1. The van der Waals surface area contributed by atoms with Gasteiger partial charge in [-0.15, -0.1) is 11.3 Å². The number of hydrogen-bond acceptors (Lipinski definition) is 7. The lowest BCUT2D eigenvalue weighted by Crippen LogP contribution is -2.14. The van der Waals surface area contributed by atoms with Crippen LogP contribution in [-0.2, 0) is 21.0 Å². The molecule has 140 valence electrons. The number of rotatable bonds is 6. The maximum Gasteiger partial charge on any atom is 0.357 e. The van der Waals surface area contributed by atoms with Gasteiger partial charge in [-0.2, -0.15) is 0 Å². The van der Waals surface area contributed by atoms with Gasteiger partial charge in [0.25, 0.3) is 0 Å². The number of esters is 2. The van der Waals surface area contributed by atoms with Crippen LogP contribution in [0.5, 0.6) is 0 Å². The number of fused-ring (bicyclic) bond motifs is 1. The van der Waals surface area contributed by atoms with Crippen molar-refractivity contribution in [2.45, 2.75) is 20.6 Å². The fourth-order valence-corrected chi connectivity index (χ4v) is 3.27. The standard InChI is InChI=1S/C19H18N2O5S/c1-11(2)18(23)26-10-21-8-13(12-6-4-5-7-15(12)21)16(22)17-20-14(9-27-17)19(24)25-3/h4-9,11H,10H2,1-3H3. The van der Waals surface area contributed by atoms with E-state index in [0.717, 1.165) is 22.2 Å². The molecule has 3 rings (SSSR count). The Kier molecular flexibility index (Phi) is 5.36. The Morgan fingerprint density at radius 1 is 1.22 bits per heavy atom. The minimum atomic E-state index is -0.590. The summed E-state index contributed by atoms with van der Waals surface area (Å²) in [6.07, 6.45) is 1.64. The van der Waals surface area contributed by atoms with E-state index < -0.39 is 5.97 Å². The zero-order valence-electron chi connectivity index (χ0n) is 15.1. The van der Waals surface area contributed by atoms with Gasteiger partial charge in [-0.05, 0) is 6.07 Å². The molecule has 0 fully saturated rings. The third-order valence-electron chi connectivity index (χ3n) is 3.94. The first kappa shape index (κ1) is 18.8. The number of carbonyl (C=O) groups excluding carboxylic acids is 3. The lowest BCUT2D eigenvalue weighted by molar-refractivity contribution is -0.151. The molecule has 8 heteroatoms. The van der Waals surface area contributed by atoms with Gasteiger partial charge in [0.15, 0.2) is 17.4 Å². The second-order valence-electron chi connectivity index (χ2n) is 6.14. The number of nitrogens with zero attached hydrogens (tertiary/aromatic N) is 2. The molecular weight excluding hydrogens is 368 g/mol. The molecule has 0 spiro atoms. The molecule has 0 amide bonds. The summed E-state index contributed by atoms with van der Waals surface area (Å²) in [4.78, 5) is 40.3. The molecule has 7 nitrogen and oxygen atoms in total. The van der Waals surface area contributed by atoms with Gasteiger partial charge in [-0.1, -0.05) is 32.0 Å². The summed E-state index contributed by atoms with van der Waals surface area (Å²) in [7, 11) is 1.26. The summed E-state index contributed by atoms with van der Waals surface area (Å²) in [5.41, 5.74) is 1.29. The summed E-state index contributed by atoms with van der Waals surface area (Å²) in [6.45, 7) is 3.52. The number of para-hydroxylation sites is 1. The maximum atomic E-state index is 12.9. The quantitative estimate of drug-likeness (QED) is 0.477. The molecule has 0 bridgehead atoms. The number of ketones is 1. The zero-order chi connectivity index (χ0) is 19.6. The lowest BCUT2D eigenvalue weighted by atomic mass is 10.1. The molecule has 3 aromatic rings. The van der Waals surface area contributed by atoms with Gasteiger partial charge in [-0.25, -0.2) is 9.78 Å². The largest absolute Gasteiger partial charge is 0.464 e. The van der Waals surface area contributed by atoms with E-state index in [1.165, 1.54) is 12.5 Å². The van der Waals surface area contributed by atoms with E-state index in [0.29, 0.717) is 5.56 Å². The van der Waals surface area contributed by atoms with Crippen molar-refractivity contribution in [3.8, 4) is 0 Å². The zero-order valence-corrected chi connectivity index (χ0v) is 15.9. The first-order valence-electron chi connectivity index (χ1n) is 8.25. The Hall–Kier alpha value is -3.00. The van der Waals surface area contributed by atoms with Gasteiger partial charge in [0.05, 0.1) is 24.1 Å². The van der Waals surface area contributed by atoms with Crippen molar-refractivity contribution in [3.63, 3.8) is 0 Å². The van der Waals surface area contributed by atoms with Crippen LogP contribution in [0, 0.1) is 5.92 Å². The van der Waals surface area contributed by atoms with E-state index in [1.807, 2.05) is 24.3 Å². The summed E-state index contributed by atoms with van der Waals surface area (Å²) >= 11 is 1.08. The van der Waals surface area contributed by atoms with Crippen LogP contribution in [0.15, 0.2) is 35.8 Å². The smallest absolute Gasteiger partial charge is 0.357 e. The van der Waals surface area contributed by atoms with E-state index in [9.17, 15) is 14.4 Å². The van der Waals surface area contributed by atoms with E-state index in [2.05, 4.69) is 9.72 Å². The predicted octanol–water partition coefficient (Wildman–Crippen LogP) is 3.27. The average Bonchev–Trinajstić information content (AvgIpc) is 3.30. The van der Waals surface area contributed by atoms with E-state index in [1.54, 1.807) is 24.6 Å². The Balaban J connectivity index is 1.94. The van der Waals surface area contributed by atoms with Crippen molar-refractivity contribution in [2.75, 3.05) is 7.11 Å². The molecule has 0 aliphatic carbocycles. The second kappa shape index (κ2) is 7.71. The molecule has 2 aromatic heterocycles. The average molecular weight is 386 g/mol. The third kappa shape index (κ3) is 3.75. The molecule has 0 aliphatic rings. The number of ether oxygens (including phenoxy) is 2. The molecule has 0 saturated carbocycles. The predicted molar refractivity (Wildman–Crippen MR) is 99.8 cm³/mol. The van der Waals surface area contributed by atoms with Crippen LogP contribution < -0.4 is 0 Å². The van der Waals surface area contributed by atoms with E-state index >= 15 is 0 Å². The van der Waals surface area contributed by atoms with Crippen molar-refractivity contribution in [3.05, 3.63) is 52.1 Å². The molecule has 0 unspecified atom stereocenters. The number of aromatic nitrogens is 2. The Labute approximate surface area is 159 Å². The topological polar surface area (TPSA) is 87.5 Å². The number of carbonyl (C=O) groups is 3. The molecule has 0 saturated heterocycles. The summed E-state index contributed by atoms with van der Waals surface area (Å²) in [5.74, 6) is -1.45. The van der Waals surface area contributed by atoms with Crippen LogP contribution in [0.25, 0.3) is 10.9 Å². The van der Waals surface area contributed by atoms with Crippen molar-refractivity contribution < 1.29 is 23.9 Å². The highest BCUT2D eigenvalue weighted by molar-refractivity contribution is 7.12. The van der Waals surface area contributed by atoms with Crippen LogP contribution in [-0.4, -0.2) is 34.4 Å². The molecular formula is C19H18N2O5S. The Morgan fingerprint density at radius 2 is 1.96 bits per heavy atom. The van der Waals surface area contributed by atoms with Crippen LogP contribution in [0.2, 0.25) is 0 Å². The highest BCUT2D eigenvalue weighted by atomic mass is 32.1.